The monoisotopic (exact) mass is 237 g/mol. The van der Waals surface area contributed by atoms with Crippen molar-refractivity contribution in [3.63, 3.8) is 0 Å². The lowest BCUT2D eigenvalue weighted by molar-refractivity contribution is -0.143. The summed E-state index contributed by atoms with van der Waals surface area (Å²) in [7, 11) is 0. The zero-order chi connectivity index (χ0) is 12.8. The van der Waals surface area contributed by atoms with Crippen molar-refractivity contribution in [1.82, 2.24) is 4.90 Å². The smallest absolute Gasteiger partial charge is 0.240 e. The summed E-state index contributed by atoms with van der Waals surface area (Å²) < 4.78 is 0. The van der Waals surface area contributed by atoms with Gasteiger partial charge in [-0.15, -0.1) is 0 Å². The minimum absolute atomic E-state index is 0.238. The third kappa shape index (κ3) is 3.19. The Hall–Kier alpha value is -1.57. The number of piperidine rings is 1. The van der Waals surface area contributed by atoms with Gasteiger partial charge < -0.3 is 10.6 Å². The molecule has 5 nitrogen and oxygen atoms in total. The molecule has 0 aromatic heterocycles. The normalized spacial score (nSPS) is 21.6. The second kappa shape index (κ2) is 6.24. The largest absolute Gasteiger partial charge is 0.368 e. The third-order valence-corrected chi connectivity index (χ3v) is 3.15. The second-order valence-electron chi connectivity index (χ2n) is 4.42. The maximum Gasteiger partial charge on any atom is 0.240 e. The molecule has 1 saturated heterocycles. The molecular weight excluding hydrogens is 218 g/mol. The third-order valence-electron chi connectivity index (χ3n) is 3.15. The quantitative estimate of drug-likeness (QED) is 0.784. The number of carbonyl (C=O) groups is 2. The predicted molar refractivity (Wildman–Crippen MR) is 62.6 cm³/mol. The second-order valence-corrected chi connectivity index (χ2v) is 4.42. The van der Waals surface area contributed by atoms with Gasteiger partial charge in [-0.3, -0.25) is 9.59 Å². The fourth-order valence-electron chi connectivity index (χ4n) is 2.22. The number of nitrogens with zero attached hydrogens (tertiary/aromatic N) is 2. The molecule has 0 radical (unpaired) electrons. The topological polar surface area (TPSA) is 87.2 Å². The van der Waals surface area contributed by atoms with E-state index < -0.39 is 17.9 Å². The molecule has 0 bridgehead atoms. The van der Waals surface area contributed by atoms with Crippen molar-refractivity contribution in [3.8, 4) is 6.07 Å². The first-order valence-electron chi connectivity index (χ1n) is 6.11. The summed E-state index contributed by atoms with van der Waals surface area (Å²) in [5, 5.41) is 8.97. The molecule has 1 aliphatic rings. The Kier molecular flexibility index (Phi) is 4.95. The van der Waals surface area contributed by atoms with E-state index in [9.17, 15) is 9.59 Å². The number of primary amides is 1. The van der Waals surface area contributed by atoms with Crippen LogP contribution in [0.3, 0.4) is 0 Å². The molecule has 1 heterocycles. The average Bonchev–Trinajstić information content (AvgIpc) is 2.35. The van der Waals surface area contributed by atoms with Crippen LogP contribution in [0.2, 0.25) is 0 Å². The van der Waals surface area contributed by atoms with Crippen LogP contribution in [0.25, 0.3) is 0 Å². The lowest BCUT2D eigenvalue weighted by Gasteiger charge is -2.34. The molecule has 0 saturated carbocycles. The van der Waals surface area contributed by atoms with E-state index in [1.54, 1.807) is 0 Å². The van der Waals surface area contributed by atoms with Crippen LogP contribution >= 0.6 is 0 Å². The van der Waals surface area contributed by atoms with Crippen LogP contribution < -0.4 is 5.73 Å². The van der Waals surface area contributed by atoms with Crippen LogP contribution in [0.15, 0.2) is 0 Å². The van der Waals surface area contributed by atoms with E-state index in [1.807, 2.05) is 13.0 Å². The van der Waals surface area contributed by atoms with Crippen molar-refractivity contribution < 1.29 is 9.59 Å². The van der Waals surface area contributed by atoms with Crippen LogP contribution in [0.5, 0.6) is 0 Å². The minimum Gasteiger partial charge on any atom is -0.368 e. The van der Waals surface area contributed by atoms with Crippen molar-refractivity contribution >= 4 is 11.8 Å². The van der Waals surface area contributed by atoms with Gasteiger partial charge in [0.1, 0.15) is 12.0 Å². The molecule has 17 heavy (non-hydrogen) atoms. The summed E-state index contributed by atoms with van der Waals surface area (Å²) in [4.78, 5) is 24.9. The van der Waals surface area contributed by atoms with E-state index in [2.05, 4.69) is 0 Å². The number of carbonyl (C=O) groups excluding carboxylic acids is 2. The van der Waals surface area contributed by atoms with Crippen molar-refractivity contribution in [1.29, 1.82) is 5.26 Å². The predicted octanol–water partition coefficient (Wildman–Crippen LogP) is 0.793. The van der Waals surface area contributed by atoms with Crippen molar-refractivity contribution in [2.75, 3.05) is 6.54 Å². The van der Waals surface area contributed by atoms with E-state index in [0.29, 0.717) is 19.4 Å². The molecule has 2 amide bonds. The van der Waals surface area contributed by atoms with Crippen LogP contribution in [0.1, 0.15) is 39.0 Å². The summed E-state index contributed by atoms with van der Waals surface area (Å²) in [6, 6.07) is 1.49. The Balaban J connectivity index is 2.77. The van der Waals surface area contributed by atoms with Gasteiger partial charge in [0.05, 0.1) is 6.07 Å². The van der Waals surface area contributed by atoms with Gasteiger partial charge in [-0.05, 0) is 25.7 Å². The Morgan fingerprint density at radius 1 is 1.53 bits per heavy atom. The maximum atomic E-state index is 12.1. The highest BCUT2D eigenvalue weighted by Crippen LogP contribution is 2.20. The van der Waals surface area contributed by atoms with Gasteiger partial charge in [-0.1, -0.05) is 13.3 Å². The van der Waals surface area contributed by atoms with Crippen molar-refractivity contribution in [3.05, 3.63) is 0 Å². The number of hydrogen-bond acceptors (Lipinski definition) is 3. The minimum atomic E-state index is -0.639. The first-order chi connectivity index (χ1) is 8.11. The first-order valence-corrected chi connectivity index (χ1v) is 6.11. The Morgan fingerprint density at radius 2 is 2.24 bits per heavy atom. The molecule has 1 aliphatic heterocycles. The fraction of sp³-hybridized carbons (Fsp3) is 0.750. The molecule has 2 atom stereocenters. The Morgan fingerprint density at radius 3 is 2.76 bits per heavy atom. The molecule has 1 rings (SSSR count). The molecule has 1 fully saturated rings. The number of amides is 2. The van der Waals surface area contributed by atoms with Gasteiger partial charge >= 0.3 is 0 Å². The zero-order valence-corrected chi connectivity index (χ0v) is 10.2. The van der Waals surface area contributed by atoms with Gasteiger partial charge in [0, 0.05) is 6.54 Å². The van der Waals surface area contributed by atoms with Crippen LogP contribution in [-0.2, 0) is 9.59 Å². The maximum absolute atomic E-state index is 12.1. The van der Waals surface area contributed by atoms with Crippen molar-refractivity contribution in [2.45, 2.75) is 45.1 Å². The highest BCUT2D eigenvalue weighted by Gasteiger charge is 2.33. The van der Waals surface area contributed by atoms with Gasteiger partial charge in [-0.2, -0.15) is 5.26 Å². The Labute approximate surface area is 102 Å². The number of rotatable bonds is 4. The summed E-state index contributed by atoms with van der Waals surface area (Å²) in [5.41, 5.74) is 5.30. The highest BCUT2D eigenvalue weighted by atomic mass is 16.2. The van der Waals surface area contributed by atoms with E-state index in [0.717, 1.165) is 19.3 Å². The standard InChI is InChI=1S/C12H19N3O2/c1-2-5-9(8-13)12(17)15-7-4-3-6-10(15)11(14)16/h9-10H,2-7H2,1H3,(H2,14,16). The van der Waals surface area contributed by atoms with Gasteiger partial charge in [-0.25, -0.2) is 0 Å². The summed E-state index contributed by atoms with van der Waals surface area (Å²) >= 11 is 0. The van der Waals surface area contributed by atoms with Gasteiger partial charge in [0.25, 0.3) is 0 Å². The number of hydrogen-bond donors (Lipinski definition) is 1. The van der Waals surface area contributed by atoms with E-state index in [-0.39, 0.29) is 5.91 Å². The van der Waals surface area contributed by atoms with E-state index in [4.69, 9.17) is 11.0 Å². The molecule has 0 aromatic rings. The molecule has 0 aromatic carbocycles. The summed E-state index contributed by atoms with van der Waals surface area (Å²) in [6.45, 7) is 2.47. The molecule has 5 heteroatoms. The van der Waals surface area contributed by atoms with Gasteiger partial charge in [0.2, 0.25) is 11.8 Å². The first kappa shape index (κ1) is 13.5. The number of nitriles is 1. The van der Waals surface area contributed by atoms with Gasteiger partial charge in [0.15, 0.2) is 0 Å². The van der Waals surface area contributed by atoms with E-state index >= 15 is 0 Å². The summed E-state index contributed by atoms with van der Waals surface area (Å²) in [5.74, 6) is -1.34. The lowest BCUT2D eigenvalue weighted by atomic mass is 9.97. The Bertz CT molecular complexity index is 335. The van der Waals surface area contributed by atoms with Crippen LogP contribution in [-0.4, -0.2) is 29.3 Å². The molecule has 2 N–H and O–H groups in total. The van der Waals surface area contributed by atoms with E-state index in [1.165, 1.54) is 4.90 Å². The molecular formula is C12H19N3O2. The zero-order valence-electron chi connectivity index (χ0n) is 10.2. The molecule has 0 aliphatic carbocycles. The fourth-order valence-corrected chi connectivity index (χ4v) is 2.22. The highest BCUT2D eigenvalue weighted by molar-refractivity contribution is 5.88. The molecule has 2 unspecified atom stereocenters. The van der Waals surface area contributed by atoms with Crippen LogP contribution in [0.4, 0.5) is 0 Å². The lowest BCUT2D eigenvalue weighted by Crippen LogP contribution is -2.52. The van der Waals surface area contributed by atoms with Crippen molar-refractivity contribution in [2.24, 2.45) is 11.7 Å². The number of nitrogens with two attached hydrogens (primary N) is 1. The summed E-state index contributed by atoms with van der Waals surface area (Å²) in [6.07, 6.45) is 3.71. The number of likely N-dealkylation sites (tertiary alicyclic amines) is 1. The SMILES string of the molecule is CCCC(C#N)C(=O)N1CCCCC1C(N)=O. The van der Waals surface area contributed by atoms with Crippen LogP contribution in [0, 0.1) is 17.2 Å². The molecule has 0 spiro atoms. The molecule has 94 valence electrons. The average molecular weight is 237 g/mol.